The molecule has 0 atom stereocenters. The molecule has 1 heterocycles. The highest BCUT2D eigenvalue weighted by atomic mass is 32.2. The van der Waals surface area contributed by atoms with Crippen molar-refractivity contribution in [1.29, 1.82) is 0 Å². The summed E-state index contributed by atoms with van der Waals surface area (Å²) in [7, 11) is -3.62. The Morgan fingerprint density at radius 1 is 1.10 bits per heavy atom. The molecule has 1 N–H and O–H groups in total. The molecule has 0 spiro atoms. The molecule has 0 aromatic heterocycles. The number of halogens is 1. The zero-order valence-corrected chi connectivity index (χ0v) is 17.6. The second kappa shape index (κ2) is 9.05. The maximum Gasteiger partial charge on any atom is 0.227 e. The van der Waals surface area contributed by atoms with E-state index in [1.54, 1.807) is 6.07 Å². The number of amides is 1. The molecule has 2 aromatic rings. The molecule has 5 nitrogen and oxygen atoms in total. The largest absolute Gasteiger partial charge is 0.326 e. The number of nitrogens with zero attached hydrogens (tertiary/aromatic N) is 1. The van der Waals surface area contributed by atoms with Gasteiger partial charge in [-0.05, 0) is 36.5 Å². The smallest absolute Gasteiger partial charge is 0.227 e. The Morgan fingerprint density at radius 3 is 2.38 bits per heavy atom. The number of hydrogen-bond acceptors (Lipinski definition) is 3. The quantitative estimate of drug-likeness (QED) is 0.767. The van der Waals surface area contributed by atoms with Gasteiger partial charge in [0.05, 0.1) is 5.75 Å². The van der Waals surface area contributed by atoms with Crippen LogP contribution < -0.4 is 5.32 Å². The molecule has 1 fully saturated rings. The summed E-state index contributed by atoms with van der Waals surface area (Å²) in [4.78, 5) is 12.7. The Kier molecular flexibility index (Phi) is 6.70. The normalized spacial score (nSPS) is 16.1. The van der Waals surface area contributed by atoms with Gasteiger partial charge in [0.15, 0.2) is 0 Å². The van der Waals surface area contributed by atoms with Crippen molar-refractivity contribution in [3.8, 4) is 0 Å². The fourth-order valence-corrected chi connectivity index (χ4v) is 5.23. The number of para-hydroxylation sites is 1. The Hall–Kier alpha value is -2.25. The van der Waals surface area contributed by atoms with Crippen LogP contribution in [-0.2, 0) is 20.6 Å². The zero-order valence-electron chi connectivity index (χ0n) is 16.8. The van der Waals surface area contributed by atoms with Crippen molar-refractivity contribution < 1.29 is 17.6 Å². The first kappa shape index (κ1) is 21.5. The fraction of sp³-hybridized carbons (Fsp3) is 0.409. The summed E-state index contributed by atoms with van der Waals surface area (Å²) in [6.07, 6.45) is 0.901. The third-order valence-corrected chi connectivity index (χ3v) is 7.18. The van der Waals surface area contributed by atoms with E-state index in [0.29, 0.717) is 12.8 Å². The van der Waals surface area contributed by atoms with Crippen molar-refractivity contribution in [2.75, 3.05) is 18.4 Å². The predicted octanol–water partition coefficient (Wildman–Crippen LogP) is 4.13. The van der Waals surface area contributed by atoms with Crippen LogP contribution in [0.4, 0.5) is 10.1 Å². The number of sulfonamides is 1. The lowest BCUT2D eigenvalue weighted by atomic mass is 9.96. The van der Waals surface area contributed by atoms with E-state index in [1.165, 1.54) is 22.5 Å². The van der Waals surface area contributed by atoms with E-state index in [4.69, 9.17) is 0 Å². The summed E-state index contributed by atoms with van der Waals surface area (Å²) in [5.74, 6) is -0.913. The molecule has 3 rings (SSSR count). The van der Waals surface area contributed by atoms with Crippen molar-refractivity contribution in [2.45, 2.75) is 38.4 Å². The first-order valence-corrected chi connectivity index (χ1v) is 11.5. The van der Waals surface area contributed by atoms with Crippen LogP contribution in [-0.4, -0.2) is 31.7 Å². The van der Waals surface area contributed by atoms with Crippen molar-refractivity contribution in [2.24, 2.45) is 5.92 Å². The summed E-state index contributed by atoms with van der Waals surface area (Å²) >= 11 is 0. The number of carbonyl (C=O) groups is 1. The summed E-state index contributed by atoms with van der Waals surface area (Å²) in [5, 5.41) is 3.01. The van der Waals surface area contributed by atoms with Gasteiger partial charge >= 0.3 is 0 Å². The standard InChI is InChI=1S/C22H27FN2O3S/c1-16(2)19-8-4-6-10-21(19)24-22(26)17-11-13-25(14-12-17)29(27,28)15-18-7-3-5-9-20(18)23/h3-10,16-17H,11-15H2,1-2H3,(H,24,26). The molecule has 0 saturated carbocycles. The lowest BCUT2D eigenvalue weighted by Crippen LogP contribution is -2.42. The van der Waals surface area contributed by atoms with Crippen molar-refractivity contribution >= 4 is 21.6 Å². The van der Waals surface area contributed by atoms with Gasteiger partial charge in [-0.25, -0.2) is 17.1 Å². The third-order valence-electron chi connectivity index (χ3n) is 5.35. The molecule has 1 aliphatic heterocycles. The second-order valence-corrected chi connectivity index (χ2v) is 9.72. The van der Waals surface area contributed by atoms with Crippen LogP contribution in [0, 0.1) is 11.7 Å². The first-order chi connectivity index (χ1) is 13.8. The highest BCUT2D eigenvalue weighted by Crippen LogP contribution is 2.27. The predicted molar refractivity (Wildman–Crippen MR) is 112 cm³/mol. The number of carbonyl (C=O) groups excluding carboxylic acids is 1. The van der Waals surface area contributed by atoms with Gasteiger partial charge in [0, 0.05) is 30.3 Å². The number of rotatable bonds is 6. The topological polar surface area (TPSA) is 66.5 Å². The van der Waals surface area contributed by atoms with Crippen molar-refractivity contribution in [3.05, 3.63) is 65.5 Å². The minimum Gasteiger partial charge on any atom is -0.326 e. The van der Waals surface area contributed by atoms with Gasteiger partial charge in [-0.2, -0.15) is 0 Å². The number of piperidine rings is 1. The molecule has 1 aliphatic rings. The molecule has 0 radical (unpaired) electrons. The van der Waals surface area contributed by atoms with Gasteiger partial charge in [0.2, 0.25) is 15.9 Å². The number of benzene rings is 2. The summed E-state index contributed by atoms with van der Waals surface area (Å²) in [6.45, 7) is 4.68. The van der Waals surface area contributed by atoms with E-state index < -0.39 is 15.8 Å². The van der Waals surface area contributed by atoms with Gasteiger partial charge in [-0.3, -0.25) is 4.79 Å². The van der Waals surface area contributed by atoms with Gasteiger partial charge in [0.25, 0.3) is 0 Å². The molecule has 0 bridgehead atoms. The third kappa shape index (κ3) is 5.22. The maximum atomic E-state index is 13.8. The molecular formula is C22H27FN2O3S. The van der Waals surface area contributed by atoms with Crippen LogP contribution in [0.2, 0.25) is 0 Å². The zero-order chi connectivity index (χ0) is 21.0. The Bertz CT molecular complexity index is 968. The van der Waals surface area contributed by atoms with Crippen molar-refractivity contribution in [1.82, 2.24) is 4.31 Å². The Morgan fingerprint density at radius 2 is 1.72 bits per heavy atom. The van der Waals surface area contributed by atoms with E-state index in [9.17, 15) is 17.6 Å². The van der Waals surface area contributed by atoms with Crippen LogP contribution in [0.1, 0.15) is 43.7 Å². The highest BCUT2D eigenvalue weighted by molar-refractivity contribution is 7.88. The van der Waals surface area contributed by atoms with Crippen LogP contribution in [0.3, 0.4) is 0 Å². The molecule has 0 aliphatic carbocycles. The molecule has 2 aromatic carbocycles. The van der Waals surface area contributed by atoms with E-state index in [-0.39, 0.29) is 42.1 Å². The Labute approximate surface area is 172 Å². The summed E-state index contributed by atoms with van der Waals surface area (Å²) in [6, 6.07) is 13.6. The average molecular weight is 419 g/mol. The molecule has 1 amide bonds. The molecule has 156 valence electrons. The van der Waals surface area contributed by atoms with Crippen molar-refractivity contribution in [3.63, 3.8) is 0 Å². The lowest BCUT2D eigenvalue weighted by molar-refractivity contribution is -0.120. The first-order valence-electron chi connectivity index (χ1n) is 9.89. The second-order valence-electron chi connectivity index (χ2n) is 7.75. The van der Waals surface area contributed by atoms with Crippen LogP contribution in [0.25, 0.3) is 0 Å². The molecule has 7 heteroatoms. The molecule has 1 saturated heterocycles. The molecule has 29 heavy (non-hydrogen) atoms. The van der Waals surface area contributed by atoms with E-state index in [0.717, 1.165) is 11.3 Å². The van der Waals surface area contributed by atoms with Gasteiger partial charge in [0.1, 0.15) is 5.82 Å². The minimum atomic E-state index is -3.62. The Balaban J connectivity index is 1.60. The van der Waals surface area contributed by atoms with E-state index in [2.05, 4.69) is 19.2 Å². The van der Waals surface area contributed by atoms with Crippen LogP contribution in [0.5, 0.6) is 0 Å². The number of nitrogens with one attached hydrogen (secondary N) is 1. The SMILES string of the molecule is CC(C)c1ccccc1NC(=O)C1CCN(S(=O)(=O)Cc2ccccc2F)CC1. The van der Waals surface area contributed by atoms with Gasteiger partial charge < -0.3 is 5.32 Å². The van der Waals surface area contributed by atoms with Gasteiger partial charge in [-0.1, -0.05) is 50.2 Å². The van der Waals surface area contributed by atoms with E-state index >= 15 is 0 Å². The van der Waals surface area contributed by atoms with Crippen LogP contribution in [0.15, 0.2) is 48.5 Å². The minimum absolute atomic E-state index is 0.0794. The monoisotopic (exact) mass is 418 g/mol. The van der Waals surface area contributed by atoms with E-state index in [1.807, 2.05) is 24.3 Å². The fourth-order valence-electron chi connectivity index (χ4n) is 3.65. The number of anilines is 1. The summed E-state index contributed by atoms with van der Waals surface area (Å²) in [5.41, 5.74) is 2.05. The average Bonchev–Trinajstić information content (AvgIpc) is 2.70. The van der Waals surface area contributed by atoms with Crippen LogP contribution >= 0.6 is 0 Å². The molecular weight excluding hydrogens is 391 g/mol. The maximum absolute atomic E-state index is 13.8. The number of hydrogen-bond donors (Lipinski definition) is 1. The lowest BCUT2D eigenvalue weighted by Gasteiger charge is -2.30. The summed E-state index contributed by atoms with van der Waals surface area (Å²) < 4.78 is 40.5. The molecule has 0 unspecified atom stereocenters. The van der Waals surface area contributed by atoms with Gasteiger partial charge in [-0.15, -0.1) is 0 Å². The highest BCUT2D eigenvalue weighted by Gasteiger charge is 2.31.